The highest BCUT2D eigenvalue weighted by Crippen LogP contribution is 2.09. The summed E-state index contributed by atoms with van der Waals surface area (Å²) in [6, 6.07) is -0.309. The van der Waals surface area contributed by atoms with Gasteiger partial charge in [-0.1, -0.05) is 0 Å². The van der Waals surface area contributed by atoms with E-state index >= 15 is 0 Å². The normalized spacial score (nSPS) is 13.7. The number of nitrogens with one attached hydrogen (secondary N) is 1. The van der Waals surface area contributed by atoms with Crippen LogP contribution < -0.4 is 5.32 Å². The van der Waals surface area contributed by atoms with E-state index in [0.717, 1.165) is 0 Å². The summed E-state index contributed by atoms with van der Waals surface area (Å²) in [6.45, 7) is 5.06. The second-order valence-electron chi connectivity index (χ2n) is 3.72. The molecule has 0 aliphatic heterocycles. The fraction of sp³-hybridized carbons (Fsp3) is 0.556. The van der Waals surface area contributed by atoms with Gasteiger partial charge in [0.15, 0.2) is 0 Å². The number of aliphatic hydroxyl groups is 1. The minimum absolute atomic E-state index is 0.249. The molecule has 0 spiro atoms. The van der Waals surface area contributed by atoms with Crippen LogP contribution in [-0.4, -0.2) is 27.6 Å². The molecular weight excluding hydrogens is 200 g/mol. The van der Waals surface area contributed by atoms with Gasteiger partial charge in [-0.25, -0.2) is 4.98 Å². The Kier molecular flexibility index (Phi) is 3.23. The molecule has 0 fully saturated rings. The first-order chi connectivity index (χ1) is 6.41. The first kappa shape index (κ1) is 11.1. The molecule has 1 atom stereocenters. The Morgan fingerprint density at radius 3 is 2.79 bits per heavy atom. The van der Waals surface area contributed by atoms with Crippen molar-refractivity contribution in [3.8, 4) is 0 Å². The molecule has 0 bridgehead atoms. The van der Waals surface area contributed by atoms with Crippen LogP contribution in [0.5, 0.6) is 0 Å². The van der Waals surface area contributed by atoms with Crippen LogP contribution in [0.3, 0.4) is 0 Å². The zero-order valence-electron chi connectivity index (χ0n) is 8.44. The Balaban J connectivity index is 2.58. The molecule has 1 amide bonds. The van der Waals surface area contributed by atoms with Gasteiger partial charge in [0.25, 0.3) is 5.91 Å². The van der Waals surface area contributed by atoms with E-state index in [-0.39, 0.29) is 11.9 Å². The third-order valence-electron chi connectivity index (χ3n) is 2.07. The molecule has 0 radical (unpaired) electrons. The van der Waals surface area contributed by atoms with Gasteiger partial charge >= 0.3 is 0 Å². The van der Waals surface area contributed by atoms with Crippen molar-refractivity contribution in [1.82, 2.24) is 10.3 Å². The Morgan fingerprint density at radius 2 is 2.36 bits per heavy atom. The van der Waals surface area contributed by atoms with Crippen molar-refractivity contribution in [1.29, 1.82) is 0 Å². The van der Waals surface area contributed by atoms with Crippen LogP contribution in [0, 0.1) is 0 Å². The van der Waals surface area contributed by atoms with E-state index in [1.165, 1.54) is 11.3 Å². The Morgan fingerprint density at radius 1 is 1.71 bits per heavy atom. The summed E-state index contributed by atoms with van der Waals surface area (Å²) < 4.78 is 0. The lowest BCUT2D eigenvalue weighted by molar-refractivity contribution is 0.0407. The van der Waals surface area contributed by atoms with Gasteiger partial charge in [-0.3, -0.25) is 4.79 Å². The molecule has 2 N–H and O–H groups in total. The molecule has 1 unspecified atom stereocenters. The van der Waals surface area contributed by atoms with Crippen molar-refractivity contribution in [2.24, 2.45) is 0 Å². The fourth-order valence-corrected chi connectivity index (χ4v) is 1.30. The molecule has 0 aliphatic rings. The van der Waals surface area contributed by atoms with Gasteiger partial charge in [-0.2, -0.15) is 0 Å². The molecule has 0 aliphatic carbocycles. The van der Waals surface area contributed by atoms with Gasteiger partial charge in [-0.15, -0.1) is 11.3 Å². The summed E-state index contributed by atoms with van der Waals surface area (Å²) in [4.78, 5) is 15.4. The van der Waals surface area contributed by atoms with Crippen LogP contribution in [-0.2, 0) is 0 Å². The molecular formula is C9H14N2O2S. The second-order valence-corrected chi connectivity index (χ2v) is 4.44. The number of rotatable bonds is 3. The Labute approximate surface area is 87.0 Å². The van der Waals surface area contributed by atoms with Crippen molar-refractivity contribution < 1.29 is 9.90 Å². The molecule has 0 saturated carbocycles. The Bertz CT molecular complexity index is 303. The molecule has 0 aromatic carbocycles. The topological polar surface area (TPSA) is 62.2 Å². The predicted molar refractivity (Wildman–Crippen MR) is 55.3 cm³/mol. The van der Waals surface area contributed by atoms with Gasteiger partial charge in [0.1, 0.15) is 5.69 Å². The predicted octanol–water partition coefficient (Wildman–Crippen LogP) is 1.03. The van der Waals surface area contributed by atoms with Crippen LogP contribution in [0.25, 0.3) is 0 Å². The van der Waals surface area contributed by atoms with Crippen LogP contribution in [0.4, 0.5) is 0 Å². The summed E-state index contributed by atoms with van der Waals surface area (Å²) in [6.07, 6.45) is 0. The lowest BCUT2D eigenvalue weighted by atomic mass is 10.0. The summed E-state index contributed by atoms with van der Waals surface area (Å²) in [5.41, 5.74) is 1.07. The van der Waals surface area contributed by atoms with Crippen molar-refractivity contribution in [2.75, 3.05) is 0 Å². The van der Waals surface area contributed by atoms with Gasteiger partial charge < -0.3 is 10.4 Å². The van der Waals surface area contributed by atoms with E-state index in [4.69, 9.17) is 0 Å². The summed E-state index contributed by atoms with van der Waals surface area (Å²) >= 11 is 1.37. The lowest BCUT2D eigenvalue weighted by Crippen LogP contribution is -2.47. The fourth-order valence-electron chi connectivity index (χ4n) is 0.772. The SMILES string of the molecule is CC(NC(=O)c1cscn1)C(C)(C)O. The van der Waals surface area contributed by atoms with Crippen molar-refractivity contribution >= 4 is 17.2 Å². The molecule has 1 heterocycles. The molecule has 1 rings (SSSR count). The highest BCUT2D eigenvalue weighted by atomic mass is 32.1. The highest BCUT2D eigenvalue weighted by molar-refractivity contribution is 7.07. The molecule has 0 saturated heterocycles. The zero-order chi connectivity index (χ0) is 10.8. The van der Waals surface area contributed by atoms with Crippen LogP contribution >= 0.6 is 11.3 Å². The van der Waals surface area contributed by atoms with Gasteiger partial charge in [-0.05, 0) is 20.8 Å². The summed E-state index contributed by atoms with van der Waals surface area (Å²) in [5, 5.41) is 14.0. The van der Waals surface area contributed by atoms with Crippen LogP contribution in [0.2, 0.25) is 0 Å². The lowest BCUT2D eigenvalue weighted by Gasteiger charge is -2.26. The van der Waals surface area contributed by atoms with Crippen molar-refractivity contribution in [3.63, 3.8) is 0 Å². The van der Waals surface area contributed by atoms with Gasteiger partial charge in [0, 0.05) is 5.38 Å². The third-order valence-corrected chi connectivity index (χ3v) is 2.66. The van der Waals surface area contributed by atoms with E-state index in [2.05, 4.69) is 10.3 Å². The van der Waals surface area contributed by atoms with E-state index in [0.29, 0.717) is 5.69 Å². The molecule has 78 valence electrons. The number of hydrogen-bond donors (Lipinski definition) is 2. The van der Waals surface area contributed by atoms with E-state index in [9.17, 15) is 9.90 Å². The minimum Gasteiger partial charge on any atom is -0.388 e. The Hall–Kier alpha value is -0.940. The number of carbonyl (C=O) groups excluding carboxylic acids is 1. The second kappa shape index (κ2) is 4.06. The monoisotopic (exact) mass is 214 g/mol. The minimum atomic E-state index is -0.925. The third kappa shape index (κ3) is 2.78. The molecule has 5 heteroatoms. The number of thiazole rings is 1. The van der Waals surface area contributed by atoms with E-state index in [1.807, 2.05) is 0 Å². The maximum absolute atomic E-state index is 11.5. The van der Waals surface area contributed by atoms with Gasteiger partial charge in [0.05, 0.1) is 17.2 Å². The molecule has 1 aromatic heterocycles. The quantitative estimate of drug-likeness (QED) is 0.790. The largest absolute Gasteiger partial charge is 0.388 e. The first-order valence-corrected chi connectivity index (χ1v) is 5.27. The van der Waals surface area contributed by atoms with Crippen LogP contribution in [0.1, 0.15) is 31.3 Å². The number of nitrogens with zero attached hydrogens (tertiary/aromatic N) is 1. The smallest absolute Gasteiger partial charge is 0.271 e. The average Bonchev–Trinajstić information content (AvgIpc) is 2.53. The number of aromatic nitrogens is 1. The number of amides is 1. The van der Waals surface area contributed by atoms with Crippen LogP contribution in [0.15, 0.2) is 10.9 Å². The zero-order valence-corrected chi connectivity index (χ0v) is 9.26. The van der Waals surface area contributed by atoms with Crippen molar-refractivity contribution in [3.05, 3.63) is 16.6 Å². The van der Waals surface area contributed by atoms with E-state index in [1.54, 1.807) is 31.7 Å². The summed E-state index contributed by atoms with van der Waals surface area (Å²) in [5.74, 6) is -0.249. The average molecular weight is 214 g/mol. The first-order valence-electron chi connectivity index (χ1n) is 4.32. The summed E-state index contributed by atoms with van der Waals surface area (Å²) in [7, 11) is 0. The maximum atomic E-state index is 11.5. The molecule has 4 nitrogen and oxygen atoms in total. The van der Waals surface area contributed by atoms with E-state index < -0.39 is 5.60 Å². The number of carbonyl (C=O) groups is 1. The standard InChI is InChI=1S/C9H14N2O2S/c1-6(9(2,3)13)11-8(12)7-4-14-5-10-7/h4-6,13H,1-3H3,(H,11,12). The molecule has 14 heavy (non-hydrogen) atoms. The van der Waals surface area contributed by atoms with Crippen molar-refractivity contribution in [2.45, 2.75) is 32.4 Å². The maximum Gasteiger partial charge on any atom is 0.271 e. The molecule has 1 aromatic rings. The number of hydrogen-bond acceptors (Lipinski definition) is 4. The highest BCUT2D eigenvalue weighted by Gasteiger charge is 2.24. The van der Waals surface area contributed by atoms with Gasteiger partial charge in [0.2, 0.25) is 0 Å².